The van der Waals surface area contributed by atoms with Crippen LogP contribution < -0.4 is 5.56 Å². The number of piperidine rings is 1. The van der Waals surface area contributed by atoms with E-state index < -0.39 is 0 Å². The summed E-state index contributed by atoms with van der Waals surface area (Å²) in [6, 6.07) is 18.3. The molecular formula is C22H25N3O. The molecule has 0 radical (unpaired) electrons. The highest BCUT2D eigenvalue weighted by molar-refractivity contribution is 5.40. The normalized spacial score (nSPS) is 16.2. The number of hydrogen-bond acceptors (Lipinski definition) is 3. The number of rotatable bonds is 4. The van der Waals surface area contributed by atoms with Gasteiger partial charge in [-0.05, 0) is 62.9 Å². The quantitative estimate of drug-likeness (QED) is 0.725. The predicted octanol–water partition coefficient (Wildman–Crippen LogP) is 3.46. The maximum absolute atomic E-state index is 12.4. The maximum Gasteiger partial charge on any atom is 0.258 e. The first kappa shape index (κ1) is 17.0. The lowest BCUT2D eigenvalue weighted by Gasteiger charge is -2.31. The van der Waals surface area contributed by atoms with Crippen molar-refractivity contribution >= 4 is 5.65 Å². The zero-order valence-corrected chi connectivity index (χ0v) is 15.3. The van der Waals surface area contributed by atoms with Gasteiger partial charge in [-0.25, -0.2) is 4.98 Å². The average molecular weight is 347 g/mol. The van der Waals surface area contributed by atoms with Crippen molar-refractivity contribution in [2.24, 2.45) is 5.92 Å². The first-order chi connectivity index (χ1) is 12.7. The molecule has 26 heavy (non-hydrogen) atoms. The third-order valence-electron chi connectivity index (χ3n) is 5.39. The van der Waals surface area contributed by atoms with Crippen molar-refractivity contribution in [1.82, 2.24) is 14.3 Å². The molecule has 0 atom stereocenters. The third kappa shape index (κ3) is 3.70. The number of hydrogen-bond donors (Lipinski definition) is 0. The molecule has 1 saturated heterocycles. The van der Waals surface area contributed by atoms with Gasteiger partial charge in [0.1, 0.15) is 5.65 Å². The van der Waals surface area contributed by atoms with Gasteiger partial charge in [0.25, 0.3) is 5.56 Å². The molecule has 0 aliphatic carbocycles. The molecule has 134 valence electrons. The van der Waals surface area contributed by atoms with Crippen LogP contribution in [-0.2, 0) is 13.0 Å². The van der Waals surface area contributed by atoms with Crippen LogP contribution in [0.3, 0.4) is 0 Å². The Morgan fingerprint density at radius 2 is 1.81 bits per heavy atom. The number of aromatic nitrogens is 2. The fraction of sp³-hybridized carbons (Fsp3) is 0.364. The molecule has 4 nitrogen and oxygen atoms in total. The van der Waals surface area contributed by atoms with Gasteiger partial charge in [0, 0.05) is 18.3 Å². The fourth-order valence-electron chi connectivity index (χ4n) is 3.97. The van der Waals surface area contributed by atoms with Gasteiger partial charge in [-0.3, -0.25) is 14.1 Å². The van der Waals surface area contributed by atoms with Crippen molar-refractivity contribution in [2.75, 3.05) is 13.1 Å². The minimum Gasteiger partial charge on any atom is -0.297 e. The third-order valence-corrected chi connectivity index (χ3v) is 5.39. The van der Waals surface area contributed by atoms with Crippen LogP contribution in [0.4, 0.5) is 0 Å². The molecule has 4 rings (SSSR count). The molecule has 0 amide bonds. The minimum atomic E-state index is 0.0158. The van der Waals surface area contributed by atoms with E-state index in [4.69, 9.17) is 4.98 Å². The van der Waals surface area contributed by atoms with Gasteiger partial charge < -0.3 is 0 Å². The summed E-state index contributed by atoms with van der Waals surface area (Å²) < 4.78 is 1.68. The van der Waals surface area contributed by atoms with Gasteiger partial charge >= 0.3 is 0 Å². The molecule has 1 aliphatic heterocycles. The summed E-state index contributed by atoms with van der Waals surface area (Å²) in [7, 11) is 0. The van der Waals surface area contributed by atoms with Gasteiger partial charge in [0.15, 0.2) is 0 Å². The number of benzene rings is 1. The van der Waals surface area contributed by atoms with Gasteiger partial charge in [-0.2, -0.15) is 0 Å². The Morgan fingerprint density at radius 1 is 1.04 bits per heavy atom. The molecule has 0 unspecified atom stereocenters. The van der Waals surface area contributed by atoms with E-state index in [1.54, 1.807) is 10.5 Å². The predicted molar refractivity (Wildman–Crippen MR) is 104 cm³/mol. The summed E-state index contributed by atoms with van der Waals surface area (Å²) in [5.41, 5.74) is 3.99. The number of fused-ring (bicyclic) bond motifs is 1. The molecule has 1 aliphatic rings. The lowest BCUT2D eigenvalue weighted by atomic mass is 9.90. The van der Waals surface area contributed by atoms with Crippen LogP contribution in [0.5, 0.6) is 0 Å². The van der Waals surface area contributed by atoms with E-state index in [0.29, 0.717) is 0 Å². The summed E-state index contributed by atoms with van der Waals surface area (Å²) in [6.45, 7) is 4.85. The number of nitrogens with zero attached hydrogens (tertiary/aromatic N) is 3. The fourth-order valence-corrected chi connectivity index (χ4v) is 3.97. The van der Waals surface area contributed by atoms with Crippen molar-refractivity contribution in [3.63, 3.8) is 0 Å². The van der Waals surface area contributed by atoms with Crippen molar-refractivity contribution < 1.29 is 0 Å². The Hall–Kier alpha value is -2.46. The van der Waals surface area contributed by atoms with Gasteiger partial charge in [0.2, 0.25) is 0 Å². The molecule has 1 aromatic carbocycles. The SMILES string of the molecule is Cc1cccc2nc(CN3CCC(Cc4ccccc4)CC3)cc(=O)n12. The maximum atomic E-state index is 12.4. The van der Waals surface area contributed by atoms with E-state index in [2.05, 4.69) is 35.2 Å². The highest BCUT2D eigenvalue weighted by atomic mass is 16.1. The molecule has 0 bridgehead atoms. The van der Waals surface area contributed by atoms with E-state index in [-0.39, 0.29) is 5.56 Å². The van der Waals surface area contributed by atoms with Crippen LogP contribution in [0.15, 0.2) is 59.4 Å². The Bertz CT molecular complexity index is 941. The van der Waals surface area contributed by atoms with E-state index in [0.717, 1.165) is 42.6 Å². The van der Waals surface area contributed by atoms with Crippen molar-refractivity contribution in [3.8, 4) is 0 Å². The molecule has 1 fully saturated rings. The summed E-state index contributed by atoms with van der Waals surface area (Å²) in [6.07, 6.45) is 3.59. The van der Waals surface area contributed by atoms with Crippen LogP contribution >= 0.6 is 0 Å². The Balaban J connectivity index is 1.40. The van der Waals surface area contributed by atoms with E-state index >= 15 is 0 Å². The smallest absolute Gasteiger partial charge is 0.258 e. The van der Waals surface area contributed by atoms with Gasteiger partial charge in [-0.1, -0.05) is 36.4 Å². The van der Waals surface area contributed by atoms with Crippen LogP contribution in [-0.4, -0.2) is 27.4 Å². The van der Waals surface area contributed by atoms with Crippen molar-refractivity contribution in [3.05, 3.63) is 81.9 Å². The van der Waals surface area contributed by atoms with Crippen LogP contribution in [0, 0.1) is 12.8 Å². The Kier molecular flexibility index (Phi) is 4.85. The number of likely N-dealkylation sites (tertiary alicyclic amines) is 1. The van der Waals surface area contributed by atoms with Crippen LogP contribution in [0.2, 0.25) is 0 Å². The second-order valence-corrected chi connectivity index (χ2v) is 7.36. The number of aryl methyl sites for hydroxylation is 1. The van der Waals surface area contributed by atoms with Crippen LogP contribution in [0.1, 0.15) is 29.8 Å². The molecular weight excluding hydrogens is 322 g/mol. The summed E-state index contributed by atoms with van der Waals surface area (Å²) in [5.74, 6) is 0.756. The summed E-state index contributed by atoms with van der Waals surface area (Å²) >= 11 is 0. The molecule has 0 N–H and O–H groups in total. The van der Waals surface area contributed by atoms with Crippen molar-refractivity contribution in [2.45, 2.75) is 32.7 Å². The van der Waals surface area contributed by atoms with E-state index in [1.807, 2.05) is 25.1 Å². The first-order valence-electron chi connectivity index (χ1n) is 9.43. The first-order valence-corrected chi connectivity index (χ1v) is 9.43. The lowest BCUT2D eigenvalue weighted by Crippen LogP contribution is -2.34. The molecule has 0 spiro atoms. The molecule has 3 aromatic rings. The minimum absolute atomic E-state index is 0.0158. The highest BCUT2D eigenvalue weighted by Crippen LogP contribution is 2.22. The second kappa shape index (κ2) is 7.42. The van der Waals surface area contributed by atoms with Crippen LogP contribution in [0.25, 0.3) is 5.65 Å². The Morgan fingerprint density at radius 3 is 2.58 bits per heavy atom. The zero-order chi connectivity index (χ0) is 17.9. The standard InChI is InChI=1S/C22H25N3O/c1-17-6-5-9-21-23-20(15-22(26)25(17)21)16-24-12-10-19(11-13-24)14-18-7-3-2-4-8-18/h2-9,15,19H,10-14,16H2,1H3. The molecule has 3 heterocycles. The van der Waals surface area contributed by atoms with Gasteiger partial charge in [-0.15, -0.1) is 0 Å². The zero-order valence-electron chi connectivity index (χ0n) is 15.3. The largest absolute Gasteiger partial charge is 0.297 e. The monoisotopic (exact) mass is 347 g/mol. The topological polar surface area (TPSA) is 37.6 Å². The van der Waals surface area contributed by atoms with E-state index in [9.17, 15) is 4.79 Å². The Labute approximate surface area is 154 Å². The number of pyridine rings is 1. The average Bonchev–Trinajstić information content (AvgIpc) is 2.64. The van der Waals surface area contributed by atoms with Gasteiger partial charge in [0.05, 0.1) is 5.69 Å². The van der Waals surface area contributed by atoms with Crippen molar-refractivity contribution in [1.29, 1.82) is 0 Å². The van der Waals surface area contributed by atoms with E-state index in [1.165, 1.54) is 24.8 Å². The highest BCUT2D eigenvalue weighted by Gasteiger charge is 2.20. The molecule has 2 aromatic heterocycles. The molecule has 0 saturated carbocycles. The summed E-state index contributed by atoms with van der Waals surface area (Å²) in [5, 5.41) is 0. The second-order valence-electron chi connectivity index (χ2n) is 7.36. The molecule has 4 heteroatoms. The lowest BCUT2D eigenvalue weighted by molar-refractivity contribution is 0.175. The summed E-state index contributed by atoms with van der Waals surface area (Å²) in [4.78, 5) is 19.5.